The summed E-state index contributed by atoms with van der Waals surface area (Å²) in [6, 6.07) is 10.3. The monoisotopic (exact) mass is 394 g/mol. The summed E-state index contributed by atoms with van der Waals surface area (Å²) in [6.45, 7) is -0.502. The first-order valence-corrected chi connectivity index (χ1v) is 7.95. The smallest absolute Gasteiger partial charge is 0.331 e. The summed E-state index contributed by atoms with van der Waals surface area (Å²) in [5, 5.41) is 13.8. The van der Waals surface area contributed by atoms with Crippen LogP contribution in [0, 0.1) is 10.1 Å². The predicted octanol–water partition coefficient (Wildman–Crippen LogP) is 4.10. The number of hydrogen-bond acceptors (Lipinski definition) is 5. The molecule has 0 atom stereocenters. The van der Waals surface area contributed by atoms with Crippen molar-refractivity contribution in [2.45, 2.75) is 0 Å². The van der Waals surface area contributed by atoms with E-state index in [1.165, 1.54) is 36.4 Å². The van der Waals surface area contributed by atoms with Gasteiger partial charge in [0.1, 0.15) is 0 Å². The third-order valence-electron chi connectivity index (χ3n) is 3.04. The van der Waals surface area contributed by atoms with Crippen LogP contribution >= 0.6 is 23.2 Å². The maximum absolute atomic E-state index is 11.7. The lowest BCUT2D eigenvalue weighted by Crippen LogP contribution is -2.20. The highest BCUT2D eigenvalue weighted by molar-refractivity contribution is 6.42. The second-order valence-electron chi connectivity index (χ2n) is 4.97. The van der Waals surface area contributed by atoms with Crippen molar-refractivity contribution in [3.63, 3.8) is 0 Å². The molecule has 2 aromatic rings. The Labute approximate surface area is 158 Å². The minimum atomic E-state index is -0.763. The molecule has 0 unspecified atom stereocenters. The number of ether oxygens (including phenoxy) is 1. The first-order chi connectivity index (χ1) is 12.3. The number of non-ortho nitro benzene ring substituents is 1. The number of hydrogen-bond donors (Lipinski definition) is 1. The van der Waals surface area contributed by atoms with Crippen molar-refractivity contribution in [3.05, 3.63) is 74.3 Å². The average molecular weight is 395 g/mol. The van der Waals surface area contributed by atoms with E-state index >= 15 is 0 Å². The highest BCUT2D eigenvalue weighted by Crippen LogP contribution is 2.24. The summed E-state index contributed by atoms with van der Waals surface area (Å²) in [4.78, 5) is 33.5. The Morgan fingerprint density at radius 2 is 1.92 bits per heavy atom. The van der Waals surface area contributed by atoms with E-state index in [2.05, 4.69) is 5.32 Å². The van der Waals surface area contributed by atoms with E-state index in [-0.39, 0.29) is 10.7 Å². The number of nitrogens with one attached hydrogen (secondary N) is 1. The van der Waals surface area contributed by atoms with Crippen molar-refractivity contribution in [2.24, 2.45) is 0 Å². The number of nitro groups is 1. The minimum Gasteiger partial charge on any atom is -0.452 e. The number of halogens is 2. The summed E-state index contributed by atoms with van der Waals surface area (Å²) in [6.07, 6.45) is 2.43. The Bertz CT molecular complexity index is 883. The van der Waals surface area contributed by atoms with Gasteiger partial charge in [-0.25, -0.2) is 4.79 Å². The second-order valence-corrected chi connectivity index (χ2v) is 5.78. The average Bonchev–Trinajstić information content (AvgIpc) is 2.61. The van der Waals surface area contributed by atoms with Gasteiger partial charge in [0.25, 0.3) is 11.6 Å². The van der Waals surface area contributed by atoms with E-state index in [1.54, 1.807) is 12.1 Å². The molecular weight excluding hydrogens is 383 g/mol. The highest BCUT2D eigenvalue weighted by atomic mass is 35.5. The molecule has 2 aromatic carbocycles. The molecule has 1 N–H and O–H groups in total. The van der Waals surface area contributed by atoms with Crippen LogP contribution in [0.1, 0.15) is 5.56 Å². The molecule has 0 aliphatic carbocycles. The number of esters is 1. The molecule has 0 radical (unpaired) electrons. The molecule has 0 saturated heterocycles. The molecule has 1 amide bonds. The Kier molecular flexibility index (Phi) is 6.71. The maximum Gasteiger partial charge on any atom is 0.331 e. The van der Waals surface area contributed by atoms with Gasteiger partial charge in [0.05, 0.1) is 15.0 Å². The van der Waals surface area contributed by atoms with Crippen LogP contribution in [0.15, 0.2) is 48.5 Å². The Morgan fingerprint density at radius 1 is 1.15 bits per heavy atom. The predicted molar refractivity (Wildman–Crippen MR) is 98.2 cm³/mol. The number of anilines is 1. The van der Waals surface area contributed by atoms with Gasteiger partial charge in [0, 0.05) is 23.9 Å². The number of carbonyl (C=O) groups is 2. The van der Waals surface area contributed by atoms with Gasteiger partial charge in [-0.15, -0.1) is 0 Å². The van der Waals surface area contributed by atoms with Gasteiger partial charge in [-0.05, 0) is 29.8 Å². The number of nitro benzene ring substituents is 1. The summed E-state index contributed by atoms with van der Waals surface area (Å²) >= 11 is 11.6. The van der Waals surface area contributed by atoms with E-state index in [9.17, 15) is 19.7 Å². The molecule has 0 saturated carbocycles. The number of amides is 1. The van der Waals surface area contributed by atoms with Crippen molar-refractivity contribution < 1.29 is 19.2 Å². The number of carbonyl (C=O) groups excluding carboxylic acids is 2. The molecule has 2 rings (SSSR count). The van der Waals surface area contributed by atoms with Crippen LogP contribution < -0.4 is 5.32 Å². The molecule has 0 aliphatic heterocycles. The van der Waals surface area contributed by atoms with Crippen molar-refractivity contribution in [1.29, 1.82) is 0 Å². The van der Waals surface area contributed by atoms with Gasteiger partial charge in [-0.3, -0.25) is 14.9 Å². The van der Waals surface area contributed by atoms with Crippen molar-refractivity contribution in [3.8, 4) is 0 Å². The zero-order valence-electron chi connectivity index (χ0n) is 13.1. The molecule has 0 fully saturated rings. The highest BCUT2D eigenvalue weighted by Gasteiger charge is 2.08. The second kappa shape index (κ2) is 8.98. The van der Waals surface area contributed by atoms with Crippen LogP contribution in [-0.4, -0.2) is 23.4 Å². The van der Waals surface area contributed by atoms with Crippen molar-refractivity contribution >= 4 is 52.5 Å². The molecular formula is C17H12Cl2N2O5. The molecule has 0 bridgehead atoms. The summed E-state index contributed by atoms with van der Waals surface area (Å²) in [5.41, 5.74) is 0.769. The van der Waals surface area contributed by atoms with E-state index in [1.807, 2.05) is 0 Å². The number of nitrogens with zero attached hydrogens (tertiary/aromatic N) is 1. The summed E-state index contributed by atoms with van der Waals surface area (Å²) in [5.74, 6) is -1.32. The van der Waals surface area contributed by atoms with Gasteiger partial charge < -0.3 is 10.1 Å². The molecule has 0 spiro atoms. The molecule has 9 heteroatoms. The van der Waals surface area contributed by atoms with E-state index in [0.29, 0.717) is 16.3 Å². The first-order valence-electron chi connectivity index (χ1n) is 7.19. The minimum absolute atomic E-state index is 0.0958. The van der Waals surface area contributed by atoms with Crippen LogP contribution in [0.25, 0.3) is 6.08 Å². The molecule has 0 heterocycles. The Balaban J connectivity index is 1.85. The fourth-order valence-electron chi connectivity index (χ4n) is 1.86. The zero-order valence-corrected chi connectivity index (χ0v) is 14.7. The largest absolute Gasteiger partial charge is 0.452 e. The number of benzene rings is 2. The molecule has 7 nitrogen and oxygen atoms in total. The Hall–Kier alpha value is -2.90. The SMILES string of the molecule is O=C(COC(=O)/C=C/c1cccc([N+](=O)[O-])c1)Nc1ccc(Cl)c(Cl)c1. The fraction of sp³-hybridized carbons (Fsp3) is 0.0588. The van der Waals surface area contributed by atoms with Crippen LogP contribution in [0.5, 0.6) is 0 Å². The molecule has 26 heavy (non-hydrogen) atoms. The zero-order chi connectivity index (χ0) is 19.1. The number of rotatable bonds is 6. The lowest BCUT2D eigenvalue weighted by atomic mass is 10.2. The quantitative estimate of drug-likeness (QED) is 0.344. The first kappa shape index (κ1) is 19.4. The van der Waals surface area contributed by atoms with Crippen LogP contribution in [0.3, 0.4) is 0 Å². The standard InChI is InChI=1S/C17H12Cl2N2O5/c18-14-6-5-12(9-15(14)19)20-16(22)10-26-17(23)7-4-11-2-1-3-13(8-11)21(24)25/h1-9H,10H2,(H,20,22)/b7-4+. The normalized spacial score (nSPS) is 10.5. The van der Waals surface area contributed by atoms with Gasteiger partial charge in [-0.2, -0.15) is 0 Å². The molecule has 0 aromatic heterocycles. The molecule has 134 valence electrons. The van der Waals surface area contributed by atoms with E-state index < -0.39 is 23.4 Å². The van der Waals surface area contributed by atoms with Gasteiger partial charge in [0.2, 0.25) is 0 Å². The third-order valence-corrected chi connectivity index (χ3v) is 3.78. The lowest BCUT2D eigenvalue weighted by molar-refractivity contribution is -0.384. The van der Waals surface area contributed by atoms with Gasteiger partial charge in [-0.1, -0.05) is 35.3 Å². The van der Waals surface area contributed by atoms with Crippen molar-refractivity contribution in [2.75, 3.05) is 11.9 Å². The van der Waals surface area contributed by atoms with E-state index in [0.717, 1.165) is 6.08 Å². The van der Waals surface area contributed by atoms with Crippen LogP contribution in [0.2, 0.25) is 10.0 Å². The van der Waals surface area contributed by atoms with Gasteiger partial charge >= 0.3 is 5.97 Å². The Morgan fingerprint density at radius 3 is 2.62 bits per heavy atom. The third kappa shape index (κ3) is 5.87. The summed E-state index contributed by atoms with van der Waals surface area (Å²) < 4.78 is 4.80. The van der Waals surface area contributed by atoms with Crippen LogP contribution in [0.4, 0.5) is 11.4 Å². The maximum atomic E-state index is 11.7. The summed E-state index contributed by atoms with van der Waals surface area (Å²) in [7, 11) is 0. The fourth-order valence-corrected chi connectivity index (χ4v) is 2.16. The van der Waals surface area contributed by atoms with E-state index in [4.69, 9.17) is 27.9 Å². The topological polar surface area (TPSA) is 98.5 Å². The van der Waals surface area contributed by atoms with Gasteiger partial charge in [0.15, 0.2) is 6.61 Å². The van der Waals surface area contributed by atoms with Crippen LogP contribution in [-0.2, 0) is 14.3 Å². The molecule has 0 aliphatic rings. The lowest BCUT2D eigenvalue weighted by Gasteiger charge is -2.06. The van der Waals surface area contributed by atoms with Crippen molar-refractivity contribution in [1.82, 2.24) is 0 Å².